The van der Waals surface area contributed by atoms with Crippen LogP contribution < -0.4 is 16.2 Å². The number of methoxy groups -OCH3 is 1. The van der Waals surface area contributed by atoms with Crippen molar-refractivity contribution in [1.29, 1.82) is 0 Å². The number of nitrogens with two attached hydrogens (primary N) is 1. The predicted octanol–water partition coefficient (Wildman–Crippen LogP) is 0.374. The van der Waals surface area contributed by atoms with Crippen molar-refractivity contribution in [1.82, 2.24) is 5.73 Å². The van der Waals surface area contributed by atoms with Crippen LogP contribution in [0.3, 0.4) is 0 Å². The van der Waals surface area contributed by atoms with Gasteiger partial charge in [0.1, 0.15) is 5.75 Å². The highest BCUT2D eigenvalue weighted by atomic mass is 16.5. The monoisotopic (exact) mass is 193 g/mol. The molecule has 1 aromatic carbocycles. The van der Waals surface area contributed by atoms with E-state index in [0.717, 1.165) is 11.3 Å². The van der Waals surface area contributed by atoms with Crippen molar-refractivity contribution in [3.8, 4) is 5.75 Å². The summed E-state index contributed by atoms with van der Waals surface area (Å²) in [6, 6.07) is 6.54. The van der Waals surface area contributed by atoms with E-state index in [0.29, 0.717) is 6.42 Å². The zero-order valence-electron chi connectivity index (χ0n) is 7.99. The van der Waals surface area contributed by atoms with Crippen molar-refractivity contribution < 1.29 is 9.53 Å². The molecule has 0 heterocycles. The summed E-state index contributed by atoms with van der Waals surface area (Å²) in [6.45, 7) is 0. The standard InChI is InChI=1S/C10H13N2O2/c1-14-8-4-2-7(3-5-8)6-9(11)10(12)13/h2-5,9,12H,6,11H2,1H3. The minimum Gasteiger partial charge on any atom is -0.497 e. The molecule has 0 saturated heterocycles. The Morgan fingerprint density at radius 1 is 1.50 bits per heavy atom. The van der Waals surface area contributed by atoms with Gasteiger partial charge in [-0.25, -0.2) is 0 Å². The molecule has 0 aromatic heterocycles. The van der Waals surface area contributed by atoms with Crippen molar-refractivity contribution in [2.24, 2.45) is 5.73 Å². The van der Waals surface area contributed by atoms with E-state index in [1.165, 1.54) is 0 Å². The van der Waals surface area contributed by atoms with E-state index in [9.17, 15) is 4.79 Å². The number of carbonyl (C=O) groups is 1. The van der Waals surface area contributed by atoms with E-state index in [1.54, 1.807) is 19.2 Å². The topological polar surface area (TPSA) is 76.1 Å². The molecule has 4 nitrogen and oxygen atoms in total. The first kappa shape index (κ1) is 10.5. The molecule has 0 aliphatic rings. The van der Waals surface area contributed by atoms with Crippen molar-refractivity contribution in [2.45, 2.75) is 12.5 Å². The number of carbonyl (C=O) groups excluding carboxylic acids is 1. The molecule has 0 aliphatic heterocycles. The second-order valence-electron chi connectivity index (χ2n) is 3.02. The molecular weight excluding hydrogens is 180 g/mol. The van der Waals surface area contributed by atoms with E-state index in [2.05, 4.69) is 0 Å². The van der Waals surface area contributed by atoms with Crippen LogP contribution in [0.5, 0.6) is 5.75 Å². The molecular formula is C10H13N2O2. The summed E-state index contributed by atoms with van der Waals surface area (Å²) in [6.07, 6.45) is 0.395. The van der Waals surface area contributed by atoms with Gasteiger partial charge >= 0.3 is 0 Å². The lowest BCUT2D eigenvalue weighted by Gasteiger charge is -2.07. The lowest BCUT2D eigenvalue weighted by Crippen LogP contribution is -2.33. The number of hydrogen-bond acceptors (Lipinski definition) is 3. The summed E-state index contributed by atoms with van der Waals surface area (Å²) in [5.74, 6) is 0.0281. The number of nitrogens with one attached hydrogen (secondary N) is 1. The SMILES string of the molecule is COc1ccc(CC(N)C([NH])=O)cc1. The Balaban J connectivity index is 2.64. The minimum absolute atomic E-state index is 0.395. The van der Waals surface area contributed by atoms with Crippen LogP contribution in [0.25, 0.3) is 0 Å². The molecule has 1 amide bonds. The zero-order chi connectivity index (χ0) is 10.6. The number of benzene rings is 1. The fraction of sp³-hybridized carbons (Fsp3) is 0.300. The zero-order valence-corrected chi connectivity index (χ0v) is 7.99. The maximum absolute atomic E-state index is 10.6. The molecule has 1 rings (SSSR count). The Kier molecular flexibility index (Phi) is 3.48. The summed E-state index contributed by atoms with van der Waals surface area (Å²) in [5, 5.41) is 0. The average Bonchev–Trinajstić information content (AvgIpc) is 2.19. The van der Waals surface area contributed by atoms with E-state index in [-0.39, 0.29) is 0 Å². The molecule has 0 spiro atoms. The summed E-state index contributed by atoms with van der Waals surface area (Å²) < 4.78 is 4.99. The highest BCUT2D eigenvalue weighted by Crippen LogP contribution is 2.12. The molecule has 1 unspecified atom stereocenters. The van der Waals surface area contributed by atoms with Crippen LogP contribution in [0.2, 0.25) is 0 Å². The van der Waals surface area contributed by atoms with Gasteiger partial charge in [-0.2, -0.15) is 0 Å². The molecule has 0 fully saturated rings. The fourth-order valence-electron chi connectivity index (χ4n) is 1.11. The third-order valence-corrected chi connectivity index (χ3v) is 1.95. The number of ether oxygens (including phenoxy) is 1. The average molecular weight is 193 g/mol. The summed E-state index contributed by atoms with van der Waals surface area (Å²) in [7, 11) is 1.59. The first-order chi connectivity index (χ1) is 6.63. The first-order valence-corrected chi connectivity index (χ1v) is 4.27. The number of hydrogen-bond donors (Lipinski definition) is 1. The minimum atomic E-state index is -0.735. The van der Waals surface area contributed by atoms with Crippen LogP contribution in [0.1, 0.15) is 5.56 Å². The Morgan fingerprint density at radius 3 is 2.50 bits per heavy atom. The fourth-order valence-corrected chi connectivity index (χ4v) is 1.11. The summed E-state index contributed by atoms with van der Waals surface area (Å²) >= 11 is 0. The van der Waals surface area contributed by atoms with Gasteiger partial charge in [0.15, 0.2) is 0 Å². The van der Waals surface area contributed by atoms with Gasteiger partial charge in [0.05, 0.1) is 13.2 Å². The van der Waals surface area contributed by atoms with Crippen molar-refractivity contribution >= 4 is 5.91 Å². The lowest BCUT2D eigenvalue weighted by molar-refractivity contribution is -0.119. The van der Waals surface area contributed by atoms with Gasteiger partial charge in [-0.1, -0.05) is 12.1 Å². The summed E-state index contributed by atoms with van der Waals surface area (Å²) in [5.41, 5.74) is 13.2. The maximum Gasteiger partial charge on any atom is 0.255 e. The molecule has 14 heavy (non-hydrogen) atoms. The van der Waals surface area contributed by atoms with E-state index < -0.39 is 11.9 Å². The Morgan fingerprint density at radius 2 is 2.07 bits per heavy atom. The molecule has 1 aromatic rings. The van der Waals surface area contributed by atoms with Gasteiger partial charge in [-0.3, -0.25) is 10.5 Å². The molecule has 1 radical (unpaired) electrons. The predicted molar refractivity (Wildman–Crippen MR) is 52.8 cm³/mol. The van der Waals surface area contributed by atoms with Crippen LogP contribution in [-0.2, 0) is 11.2 Å². The van der Waals surface area contributed by atoms with Gasteiger partial charge < -0.3 is 10.5 Å². The van der Waals surface area contributed by atoms with Crippen LogP contribution in [-0.4, -0.2) is 19.1 Å². The highest BCUT2D eigenvalue weighted by Gasteiger charge is 2.10. The van der Waals surface area contributed by atoms with Crippen molar-refractivity contribution in [3.05, 3.63) is 29.8 Å². The van der Waals surface area contributed by atoms with E-state index in [4.69, 9.17) is 16.2 Å². The molecule has 1 atom stereocenters. The first-order valence-electron chi connectivity index (χ1n) is 4.27. The second-order valence-corrected chi connectivity index (χ2v) is 3.02. The van der Waals surface area contributed by atoms with Crippen LogP contribution in [0.15, 0.2) is 24.3 Å². The Hall–Kier alpha value is -1.55. The van der Waals surface area contributed by atoms with Crippen LogP contribution in [0, 0.1) is 0 Å². The van der Waals surface area contributed by atoms with Gasteiger partial charge in [-0.05, 0) is 24.1 Å². The highest BCUT2D eigenvalue weighted by molar-refractivity contribution is 5.79. The van der Waals surface area contributed by atoms with E-state index >= 15 is 0 Å². The summed E-state index contributed by atoms with van der Waals surface area (Å²) in [4.78, 5) is 10.6. The van der Waals surface area contributed by atoms with E-state index in [1.807, 2.05) is 12.1 Å². The van der Waals surface area contributed by atoms with Gasteiger partial charge in [-0.15, -0.1) is 0 Å². The molecule has 3 N–H and O–H groups in total. The smallest absolute Gasteiger partial charge is 0.255 e. The molecule has 0 aliphatic carbocycles. The Labute approximate surface area is 82.8 Å². The Bertz CT molecular complexity index is 308. The van der Waals surface area contributed by atoms with Crippen molar-refractivity contribution in [2.75, 3.05) is 7.11 Å². The maximum atomic E-state index is 10.6. The van der Waals surface area contributed by atoms with Crippen LogP contribution in [0.4, 0.5) is 0 Å². The van der Waals surface area contributed by atoms with Crippen LogP contribution >= 0.6 is 0 Å². The number of amides is 1. The van der Waals surface area contributed by atoms with Gasteiger partial charge in [0.25, 0.3) is 5.91 Å². The van der Waals surface area contributed by atoms with Gasteiger partial charge in [0, 0.05) is 0 Å². The normalized spacial score (nSPS) is 12.1. The third kappa shape index (κ3) is 2.74. The largest absolute Gasteiger partial charge is 0.497 e. The van der Waals surface area contributed by atoms with Gasteiger partial charge in [0.2, 0.25) is 0 Å². The molecule has 4 heteroatoms. The molecule has 75 valence electrons. The molecule has 0 bridgehead atoms. The third-order valence-electron chi connectivity index (χ3n) is 1.95. The second kappa shape index (κ2) is 4.62. The number of rotatable bonds is 4. The lowest BCUT2D eigenvalue weighted by atomic mass is 10.1. The van der Waals surface area contributed by atoms with Crippen molar-refractivity contribution in [3.63, 3.8) is 0 Å². The molecule has 0 saturated carbocycles. The quantitative estimate of drug-likeness (QED) is 0.750.